The standard InChI is InChI=1S/C29H49BrO4.C2H7N/c1-19(7-12-27(32)33)22-8-9-24-23(22)10-11-25-28(24)26(31)18-20-17-21(13-14-29(20,25)2)34-16-6-4-3-5-15-30;1-3-2/h19-26,28,31H,3-18H2,1-2H3,(H,32,33);3H,1-2H3. The number of aliphatic hydroxyl groups is 1. The second-order valence-electron chi connectivity index (χ2n) is 13.1. The lowest BCUT2D eigenvalue weighted by Crippen LogP contribution is -2.57. The van der Waals surface area contributed by atoms with Crippen molar-refractivity contribution >= 4 is 21.9 Å². The fourth-order valence-electron chi connectivity index (χ4n) is 9.13. The summed E-state index contributed by atoms with van der Waals surface area (Å²) in [6, 6.07) is 0. The van der Waals surface area contributed by atoms with E-state index in [1.165, 1.54) is 64.2 Å². The number of halogens is 1. The second kappa shape index (κ2) is 15.0. The van der Waals surface area contributed by atoms with Crippen LogP contribution in [0.25, 0.3) is 0 Å². The highest BCUT2D eigenvalue weighted by Crippen LogP contribution is 2.64. The Kier molecular flexibility index (Phi) is 12.7. The van der Waals surface area contributed by atoms with E-state index in [-0.39, 0.29) is 6.10 Å². The first kappa shape index (κ1) is 31.4. The zero-order valence-electron chi connectivity index (χ0n) is 24.1. The molecule has 37 heavy (non-hydrogen) atoms. The van der Waals surface area contributed by atoms with Gasteiger partial charge in [-0.2, -0.15) is 0 Å². The van der Waals surface area contributed by atoms with Gasteiger partial charge in [0.15, 0.2) is 0 Å². The van der Waals surface area contributed by atoms with Gasteiger partial charge in [0.2, 0.25) is 0 Å². The molecule has 4 saturated carbocycles. The van der Waals surface area contributed by atoms with Gasteiger partial charge in [-0.05, 0) is 132 Å². The van der Waals surface area contributed by atoms with E-state index in [2.05, 4.69) is 35.1 Å². The van der Waals surface area contributed by atoms with Gasteiger partial charge in [0.05, 0.1) is 12.2 Å². The lowest BCUT2D eigenvalue weighted by atomic mass is 9.46. The van der Waals surface area contributed by atoms with Crippen LogP contribution in [0.5, 0.6) is 0 Å². The molecule has 216 valence electrons. The van der Waals surface area contributed by atoms with Crippen LogP contribution in [0.2, 0.25) is 0 Å². The van der Waals surface area contributed by atoms with Crippen LogP contribution < -0.4 is 5.32 Å². The Hall–Kier alpha value is -0.170. The van der Waals surface area contributed by atoms with E-state index in [9.17, 15) is 9.90 Å². The molecular weight excluding hydrogens is 530 g/mol. The number of rotatable bonds is 11. The Bertz CT molecular complexity index is 692. The van der Waals surface area contributed by atoms with Gasteiger partial charge in [-0.25, -0.2) is 0 Å². The van der Waals surface area contributed by atoms with Crippen LogP contribution in [0.4, 0.5) is 0 Å². The van der Waals surface area contributed by atoms with E-state index < -0.39 is 5.97 Å². The van der Waals surface area contributed by atoms with Gasteiger partial charge < -0.3 is 20.3 Å². The van der Waals surface area contributed by atoms with Gasteiger partial charge in [-0.3, -0.25) is 4.79 Å². The van der Waals surface area contributed by atoms with Crippen LogP contribution in [-0.4, -0.2) is 54.4 Å². The molecule has 0 heterocycles. The third-order valence-electron chi connectivity index (χ3n) is 10.9. The molecule has 0 bridgehead atoms. The summed E-state index contributed by atoms with van der Waals surface area (Å²) in [6.07, 6.45) is 15.9. The van der Waals surface area contributed by atoms with E-state index >= 15 is 0 Å². The number of nitrogens with one attached hydrogen (secondary N) is 1. The Morgan fingerprint density at radius 2 is 1.76 bits per heavy atom. The number of carbonyl (C=O) groups is 1. The number of ether oxygens (including phenoxy) is 1. The van der Waals surface area contributed by atoms with Crippen molar-refractivity contribution in [3.63, 3.8) is 0 Å². The lowest BCUT2D eigenvalue weighted by molar-refractivity contribution is -0.164. The molecule has 0 spiro atoms. The minimum atomic E-state index is -0.666. The van der Waals surface area contributed by atoms with E-state index in [1.54, 1.807) is 0 Å². The van der Waals surface area contributed by atoms with Gasteiger partial charge >= 0.3 is 5.97 Å². The van der Waals surface area contributed by atoms with E-state index in [0.29, 0.717) is 59.4 Å². The van der Waals surface area contributed by atoms with Crippen LogP contribution in [0, 0.1) is 46.8 Å². The molecule has 4 fully saturated rings. The molecule has 0 aromatic heterocycles. The number of fused-ring (bicyclic) bond motifs is 5. The van der Waals surface area contributed by atoms with Gasteiger partial charge in [0, 0.05) is 18.4 Å². The minimum Gasteiger partial charge on any atom is -0.481 e. The molecule has 0 saturated heterocycles. The summed E-state index contributed by atoms with van der Waals surface area (Å²) in [5, 5.41) is 24.5. The summed E-state index contributed by atoms with van der Waals surface area (Å²) in [4.78, 5) is 11.1. The Morgan fingerprint density at radius 1 is 1.05 bits per heavy atom. The lowest BCUT2D eigenvalue weighted by Gasteiger charge is -2.60. The number of unbranched alkanes of at least 4 members (excludes halogenated alkanes) is 3. The molecule has 4 aliphatic carbocycles. The predicted molar refractivity (Wildman–Crippen MR) is 155 cm³/mol. The van der Waals surface area contributed by atoms with Crippen molar-refractivity contribution in [1.82, 2.24) is 5.32 Å². The predicted octanol–water partition coefficient (Wildman–Crippen LogP) is 6.90. The van der Waals surface area contributed by atoms with Crippen molar-refractivity contribution in [2.24, 2.45) is 46.8 Å². The first-order valence-corrected chi connectivity index (χ1v) is 16.5. The van der Waals surface area contributed by atoms with Gasteiger partial charge in [0.25, 0.3) is 0 Å². The monoisotopic (exact) mass is 585 g/mol. The maximum atomic E-state index is 11.5. The maximum absolute atomic E-state index is 11.5. The summed E-state index contributed by atoms with van der Waals surface area (Å²) < 4.78 is 6.34. The first-order valence-electron chi connectivity index (χ1n) is 15.4. The highest BCUT2D eigenvalue weighted by Gasteiger charge is 2.59. The number of carboxylic acids is 1. The molecule has 0 radical (unpaired) electrons. The van der Waals surface area contributed by atoms with Crippen molar-refractivity contribution in [3.8, 4) is 0 Å². The van der Waals surface area contributed by atoms with Crippen molar-refractivity contribution in [2.45, 2.75) is 116 Å². The second-order valence-corrected chi connectivity index (χ2v) is 13.9. The third-order valence-corrected chi connectivity index (χ3v) is 11.5. The van der Waals surface area contributed by atoms with Gasteiger partial charge in [-0.15, -0.1) is 0 Å². The maximum Gasteiger partial charge on any atom is 0.303 e. The molecule has 10 unspecified atom stereocenters. The first-order chi connectivity index (χ1) is 17.8. The Labute approximate surface area is 235 Å². The quantitative estimate of drug-likeness (QED) is 0.181. The number of aliphatic hydroxyl groups excluding tert-OH is 1. The fraction of sp³-hybridized carbons (Fsp3) is 0.968. The number of carboxylic acid groups (broad SMARTS) is 1. The largest absolute Gasteiger partial charge is 0.481 e. The van der Waals surface area contributed by atoms with Gasteiger partial charge in [-0.1, -0.05) is 42.6 Å². The SMILES string of the molecule is CC(CCC(=O)O)C1CCC2C1CCC1C2C(O)CC2CC(OCCCCCCBr)CCC21C.CNC. The Morgan fingerprint density at radius 3 is 2.46 bits per heavy atom. The highest BCUT2D eigenvalue weighted by atomic mass is 79.9. The van der Waals surface area contributed by atoms with E-state index in [1.807, 2.05) is 14.1 Å². The van der Waals surface area contributed by atoms with E-state index in [0.717, 1.165) is 31.2 Å². The topological polar surface area (TPSA) is 78.8 Å². The number of aliphatic carboxylic acids is 1. The zero-order valence-corrected chi connectivity index (χ0v) is 25.7. The average molecular weight is 587 g/mol. The smallest absolute Gasteiger partial charge is 0.303 e. The highest BCUT2D eigenvalue weighted by molar-refractivity contribution is 9.09. The van der Waals surface area contributed by atoms with Gasteiger partial charge in [0.1, 0.15) is 0 Å². The average Bonchev–Trinajstić information content (AvgIpc) is 3.30. The number of hydrogen-bond donors (Lipinski definition) is 3. The van der Waals surface area contributed by atoms with Crippen LogP contribution in [0.3, 0.4) is 0 Å². The molecule has 0 aromatic rings. The normalized spacial score (nSPS) is 39.5. The Balaban J connectivity index is 0.00000121. The van der Waals surface area contributed by atoms with Crippen LogP contribution in [-0.2, 0) is 9.53 Å². The molecular formula is C31H56BrNO4. The molecule has 4 rings (SSSR count). The molecule has 6 heteroatoms. The molecule has 0 aromatic carbocycles. The zero-order chi connectivity index (χ0) is 27.0. The van der Waals surface area contributed by atoms with Crippen molar-refractivity contribution < 1.29 is 19.7 Å². The summed E-state index contributed by atoms with van der Waals surface area (Å²) in [5.41, 5.74) is 0.359. The molecule has 0 amide bonds. The van der Waals surface area contributed by atoms with Crippen LogP contribution in [0.15, 0.2) is 0 Å². The number of hydrogen-bond acceptors (Lipinski definition) is 4. The minimum absolute atomic E-state index is 0.160. The summed E-state index contributed by atoms with van der Waals surface area (Å²) >= 11 is 3.51. The third kappa shape index (κ3) is 7.73. The summed E-state index contributed by atoms with van der Waals surface area (Å²) in [7, 11) is 3.75. The van der Waals surface area contributed by atoms with Crippen molar-refractivity contribution in [3.05, 3.63) is 0 Å². The van der Waals surface area contributed by atoms with E-state index in [4.69, 9.17) is 9.84 Å². The van der Waals surface area contributed by atoms with Crippen LogP contribution in [0.1, 0.15) is 104 Å². The summed E-state index contributed by atoms with van der Waals surface area (Å²) in [5.74, 6) is 3.53. The number of alkyl halides is 1. The van der Waals surface area contributed by atoms with Crippen molar-refractivity contribution in [2.75, 3.05) is 26.0 Å². The molecule has 3 N–H and O–H groups in total. The molecule has 5 nitrogen and oxygen atoms in total. The summed E-state index contributed by atoms with van der Waals surface area (Å²) in [6.45, 7) is 5.73. The fourth-order valence-corrected chi connectivity index (χ4v) is 9.52. The molecule has 4 aliphatic rings. The van der Waals surface area contributed by atoms with Crippen LogP contribution >= 0.6 is 15.9 Å². The van der Waals surface area contributed by atoms with Crippen molar-refractivity contribution in [1.29, 1.82) is 0 Å². The molecule has 0 aliphatic heterocycles. The molecule has 10 atom stereocenters.